The highest BCUT2D eigenvalue weighted by Gasteiger charge is 2.23. The summed E-state index contributed by atoms with van der Waals surface area (Å²) >= 11 is 11.4. The van der Waals surface area contributed by atoms with Crippen LogP contribution >= 0.6 is 23.2 Å². The molecule has 1 aromatic carbocycles. The summed E-state index contributed by atoms with van der Waals surface area (Å²) in [6, 6.07) is 2.35. The number of aliphatic hydroxyl groups is 2. The first-order chi connectivity index (χ1) is 7.82. The van der Waals surface area contributed by atoms with E-state index in [1.807, 2.05) is 0 Å². The number of primary amides is 1. The van der Waals surface area contributed by atoms with Gasteiger partial charge in [0.1, 0.15) is 11.9 Å². The zero-order valence-electron chi connectivity index (χ0n) is 8.60. The first-order valence-corrected chi connectivity index (χ1v) is 5.41. The van der Waals surface area contributed by atoms with Crippen LogP contribution in [0.3, 0.4) is 0 Å². The molecule has 0 aromatic heterocycles. The van der Waals surface area contributed by atoms with E-state index in [9.17, 15) is 20.1 Å². The Morgan fingerprint density at radius 1 is 1.29 bits per heavy atom. The van der Waals surface area contributed by atoms with Gasteiger partial charge in [-0.05, 0) is 6.07 Å². The van der Waals surface area contributed by atoms with Crippen molar-refractivity contribution in [2.45, 2.75) is 18.6 Å². The van der Waals surface area contributed by atoms with Crippen molar-refractivity contribution in [3.63, 3.8) is 0 Å². The standard InChI is InChI=1S/C10H11Cl2NO4/c11-5-2-7(14)6(12)1-4(5)10(17)8(15)3-9(13)16/h1-2,8,10,14-15,17H,3H2,(H2,13,16). The second-order valence-electron chi connectivity index (χ2n) is 3.51. The van der Waals surface area contributed by atoms with E-state index in [2.05, 4.69) is 0 Å². The van der Waals surface area contributed by atoms with Crippen molar-refractivity contribution in [1.82, 2.24) is 0 Å². The first-order valence-electron chi connectivity index (χ1n) is 4.65. The SMILES string of the molecule is NC(=O)CC(O)C(O)c1cc(Cl)c(O)cc1Cl. The highest BCUT2D eigenvalue weighted by molar-refractivity contribution is 6.34. The van der Waals surface area contributed by atoms with Crippen molar-refractivity contribution >= 4 is 29.1 Å². The molecule has 7 heteroatoms. The number of aromatic hydroxyl groups is 1. The van der Waals surface area contributed by atoms with Crippen molar-refractivity contribution < 1.29 is 20.1 Å². The molecule has 2 atom stereocenters. The Labute approximate surface area is 107 Å². The highest BCUT2D eigenvalue weighted by Crippen LogP contribution is 2.34. The number of benzene rings is 1. The molecule has 17 heavy (non-hydrogen) atoms. The second-order valence-corrected chi connectivity index (χ2v) is 4.32. The number of nitrogens with two attached hydrogens (primary N) is 1. The summed E-state index contributed by atoms with van der Waals surface area (Å²) in [6.07, 6.45) is -3.20. The zero-order chi connectivity index (χ0) is 13.2. The van der Waals surface area contributed by atoms with Gasteiger partial charge in [0, 0.05) is 11.6 Å². The average molecular weight is 280 g/mol. The van der Waals surface area contributed by atoms with E-state index < -0.39 is 24.5 Å². The van der Waals surface area contributed by atoms with Crippen LogP contribution in [0.2, 0.25) is 10.0 Å². The van der Waals surface area contributed by atoms with Crippen molar-refractivity contribution in [1.29, 1.82) is 0 Å². The summed E-state index contributed by atoms with van der Waals surface area (Å²) in [4.78, 5) is 10.6. The predicted octanol–water partition coefficient (Wildman–Crippen LogP) is 0.969. The van der Waals surface area contributed by atoms with Crippen LogP contribution in [0.1, 0.15) is 18.1 Å². The fraction of sp³-hybridized carbons (Fsp3) is 0.300. The maximum Gasteiger partial charge on any atom is 0.220 e. The van der Waals surface area contributed by atoms with Gasteiger partial charge in [0.05, 0.1) is 22.6 Å². The van der Waals surface area contributed by atoms with Gasteiger partial charge in [-0.3, -0.25) is 4.79 Å². The zero-order valence-corrected chi connectivity index (χ0v) is 10.1. The molecule has 0 aliphatic rings. The number of hydrogen-bond donors (Lipinski definition) is 4. The van der Waals surface area contributed by atoms with Gasteiger partial charge >= 0.3 is 0 Å². The molecule has 0 saturated carbocycles. The molecule has 2 unspecified atom stereocenters. The number of hydrogen-bond acceptors (Lipinski definition) is 4. The number of amides is 1. The van der Waals surface area contributed by atoms with Gasteiger partial charge in [-0.2, -0.15) is 0 Å². The van der Waals surface area contributed by atoms with Gasteiger partial charge in [-0.1, -0.05) is 23.2 Å². The number of rotatable bonds is 4. The van der Waals surface area contributed by atoms with Crippen molar-refractivity contribution in [2.24, 2.45) is 5.73 Å². The van der Waals surface area contributed by atoms with Gasteiger partial charge in [0.2, 0.25) is 5.91 Å². The topological polar surface area (TPSA) is 104 Å². The molecular formula is C10H11Cl2NO4. The molecule has 0 bridgehead atoms. The largest absolute Gasteiger partial charge is 0.506 e. The quantitative estimate of drug-likeness (QED) is 0.659. The smallest absolute Gasteiger partial charge is 0.220 e. The minimum absolute atomic E-state index is 0.0188. The van der Waals surface area contributed by atoms with E-state index in [1.165, 1.54) is 6.07 Å². The van der Waals surface area contributed by atoms with Crippen LogP contribution in [0.4, 0.5) is 0 Å². The van der Waals surface area contributed by atoms with Crippen LogP contribution in [0, 0.1) is 0 Å². The summed E-state index contributed by atoms with van der Waals surface area (Å²) in [5.41, 5.74) is 5.01. The molecule has 0 spiro atoms. The number of phenolic OH excluding ortho intramolecular Hbond substituents is 1. The van der Waals surface area contributed by atoms with E-state index in [4.69, 9.17) is 28.9 Å². The number of carbonyl (C=O) groups is 1. The molecule has 5 N–H and O–H groups in total. The molecule has 1 aromatic rings. The van der Waals surface area contributed by atoms with Crippen LogP contribution in [0.5, 0.6) is 5.75 Å². The van der Waals surface area contributed by atoms with Crippen LogP contribution in [-0.4, -0.2) is 27.3 Å². The summed E-state index contributed by atoms with van der Waals surface area (Å²) in [6.45, 7) is 0. The lowest BCUT2D eigenvalue weighted by Crippen LogP contribution is -2.25. The molecule has 0 radical (unpaired) electrons. The maximum atomic E-state index is 10.6. The fourth-order valence-corrected chi connectivity index (χ4v) is 1.75. The maximum absolute atomic E-state index is 10.6. The molecule has 0 heterocycles. The molecule has 1 amide bonds. The Morgan fingerprint density at radius 3 is 2.41 bits per heavy atom. The second kappa shape index (κ2) is 5.55. The van der Waals surface area contributed by atoms with Crippen molar-refractivity contribution in [3.8, 4) is 5.75 Å². The lowest BCUT2D eigenvalue weighted by atomic mass is 10.0. The van der Waals surface area contributed by atoms with Crippen LogP contribution in [-0.2, 0) is 4.79 Å². The van der Waals surface area contributed by atoms with Crippen molar-refractivity contribution in [3.05, 3.63) is 27.7 Å². The minimum Gasteiger partial charge on any atom is -0.506 e. The van der Waals surface area contributed by atoms with Crippen LogP contribution in [0.25, 0.3) is 0 Å². The Balaban J connectivity index is 2.99. The molecule has 0 aliphatic carbocycles. The molecule has 94 valence electrons. The minimum atomic E-state index is -1.41. The lowest BCUT2D eigenvalue weighted by Gasteiger charge is -2.18. The lowest BCUT2D eigenvalue weighted by molar-refractivity contribution is -0.121. The molecule has 0 saturated heterocycles. The van der Waals surface area contributed by atoms with E-state index in [0.717, 1.165) is 6.07 Å². The Morgan fingerprint density at radius 2 is 1.88 bits per heavy atom. The molecule has 1 rings (SSSR count). The van der Waals surface area contributed by atoms with Gasteiger partial charge < -0.3 is 21.1 Å². The van der Waals surface area contributed by atoms with E-state index >= 15 is 0 Å². The van der Waals surface area contributed by atoms with Crippen LogP contribution < -0.4 is 5.73 Å². The fourth-order valence-electron chi connectivity index (χ4n) is 1.30. The summed E-state index contributed by atoms with van der Waals surface area (Å²) in [5.74, 6) is -0.991. The number of aliphatic hydroxyl groups excluding tert-OH is 2. The third kappa shape index (κ3) is 3.47. The average Bonchev–Trinajstić information content (AvgIpc) is 2.21. The van der Waals surface area contributed by atoms with Gasteiger partial charge in [0.15, 0.2) is 0 Å². The third-order valence-corrected chi connectivity index (χ3v) is 2.79. The van der Waals surface area contributed by atoms with Gasteiger partial charge in [-0.25, -0.2) is 0 Å². The van der Waals surface area contributed by atoms with Gasteiger partial charge in [-0.15, -0.1) is 0 Å². The Bertz CT molecular complexity index is 439. The first kappa shape index (κ1) is 14.1. The number of carbonyl (C=O) groups excluding carboxylic acids is 1. The summed E-state index contributed by atoms with van der Waals surface area (Å²) in [7, 11) is 0. The summed E-state index contributed by atoms with van der Waals surface area (Å²) < 4.78 is 0. The predicted molar refractivity (Wildman–Crippen MR) is 62.9 cm³/mol. The normalized spacial score (nSPS) is 14.4. The summed E-state index contributed by atoms with van der Waals surface area (Å²) in [5, 5.41) is 28.5. The van der Waals surface area contributed by atoms with Crippen LogP contribution in [0.15, 0.2) is 12.1 Å². The van der Waals surface area contributed by atoms with Gasteiger partial charge in [0.25, 0.3) is 0 Å². The highest BCUT2D eigenvalue weighted by atomic mass is 35.5. The molecular weight excluding hydrogens is 269 g/mol. The number of halogens is 2. The molecule has 5 nitrogen and oxygen atoms in total. The van der Waals surface area contributed by atoms with E-state index in [0.29, 0.717) is 0 Å². The Hall–Kier alpha value is -1.01. The van der Waals surface area contributed by atoms with Crippen molar-refractivity contribution in [2.75, 3.05) is 0 Å². The van der Waals surface area contributed by atoms with E-state index in [1.54, 1.807) is 0 Å². The molecule has 0 fully saturated rings. The number of phenols is 1. The third-order valence-electron chi connectivity index (χ3n) is 2.16. The monoisotopic (exact) mass is 279 g/mol. The molecule has 0 aliphatic heterocycles. The Kier molecular flexibility index (Phi) is 4.59. The van der Waals surface area contributed by atoms with E-state index in [-0.39, 0.29) is 21.4 Å².